The van der Waals surface area contributed by atoms with Gasteiger partial charge in [-0.05, 0) is 30.4 Å². The van der Waals surface area contributed by atoms with Gasteiger partial charge in [0.1, 0.15) is 0 Å². The summed E-state index contributed by atoms with van der Waals surface area (Å²) in [4.78, 5) is 16.6. The third-order valence-electron chi connectivity index (χ3n) is 4.66. The lowest BCUT2D eigenvalue weighted by molar-refractivity contribution is -0.134. The molecule has 0 saturated carbocycles. The summed E-state index contributed by atoms with van der Waals surface area (Å²) in [5, 5.41) is 3.11. The van der Waals surface area contributed by atoms with E-state index >= 15 is 0 Å². The standard InChI is InChI=1S/C19H25N3O2/c1-2-18-17(8-5-11-24-18)19(23)21-12-15-6-3-4-7-16(15)13-22-10-9-20-14-22/h3-4,6-7,9-10,14,17-18H,2,5,8,11-13H2,1H3,(H,21,23)/t17-,18+/m1/s1. The van der Waals surface area contributed by atoms with Gasteiger partial charge < -0.3 is 14.6 Å². The first-order valence-electron chi connectivity index (χ1n) is 8.69. The maximum absolute atomic E-state index is 12.6. The number of carbonyl (C=O) groups is 1. The molecular weight excluding hydrogens is 302 g/mol. The summed E-state index contributed by atoms with van der Waals surface area (Å²) in [7, 11) is 0. The van der Waals surface area contributed by atoms with Gasteiger partial charge in [0.15, 0.2) is 0 Å². The van der Waals surface area contributed by atoms with Crippen LogP contribution in [0.15, 0.2) is 43.0 Å². The third-order valence-corrected chi connectivity index (χ3v) is 4.66. The van der Waals surface area contributed by atoms with E-state index in [1.54, 1.807) is 12.5 Å². The minimum atomic E-state index is -0.0236. The van der Waals surface area contributed by atoms with Crippen molar-refractivity contribution in [3.05, 3.63) is 54.1 Å². The topological polar surface area (TPSA) is 56.1 Å². The molecule has 24 heavy (non-hydrogen) atoms. The molecule has 1 aliphatic rings. The molecule has 0 bridgehead atoms. The SMILES string of the molecule is CC[C@@H]1OCCC[C@H]1C(=O)NCc1ccccc1Cn1ccnc1. The fourth-order valence-electron chi connectivity index (χ4n) is 3.32. The van der Waals surface area contributed by atoms with Gasteiger partial charge in [-0.1, -0.05) is 31.2 Å². The van der Waals surface area contributed by atoms with Crippen molar-refractivity contribution in [1.29, 1.82) is 0 Å². The number of benzene rings is 1. The van der Waals surface area contributed by atoms with E-state index < -0.39 is 0 Å². The Kier molecular flexibility index (Phi) is 5.64. The highest BCUT2D eigenvalue weighted by Crippen LogP contribution is 2.23. The van der Waals surface area contributed by atoms with Crippen LogP contribution in [0.25, 0.3) is 0 Å². The Labute approximate surface area is 143 Å². The molecule has 2 atom stereocenters. The Morgan fingerprint density at radius 3 is 2.96 bits per heavy atom. The first-order chi connectivity index (χ1) is 11.8. The van der Waals surface area contributed by atoms with E-state index in [1.807, 2.05) is 22.9 Å². The molecule has 0 unspecified atom stereocenters. The minimum absolute atomic E-state index is 0.0236. The molecule has 1 saturated heterocycles. The second-order valence-corrected chi connectivity index (χ2v) is 6.29. The number of aromatic nitrogens is 2. The predicted octanol–water partition coefficient (Wildman–Crippen LogP) is 2.75. The molecule has 1 fully saturated rings. The first kappa shape index (κ1) is 16.7. The van der Waals surface area contributed by atoms with Crippen molar-refractivity contribution in [3.8, 4) is 0 Å². The van der Waals surface area contributed by atoms with Crippen LogP contribution in [0.3, 0.4) is 0 Å². The van der Waals surface area contributed by atoms with Gasteiger partial charge in [-0.15, -0.1) is 0 Å². The van der Waals surface area contributed by atoms with Crippen LogP contribution in [-0.2, 0) is 22.6 Å². The van der Waals surface area contributed by atoms with E-state index in [-0.39, 0.29) is 17.9 Å². The lowest BCUT2D eigenvalue weighted by atomic mass is 9.91. The molecular formula is C19H25N3O2. The van der Waals surface area contributed by atoms with Gasteiger partial charge in [-0.2, -0.15) is 0 Å². The lowest BCUT2D eigenvalue weighted by Crippen LogP contribution is -2.41. The zero-order valence-corrected chi connectivity index (χ0v) is 14.1. The van der Waals surface area contributed by atoms with Crippen molar-refractivity contribution in [3.63, 3.8) is 0 Å². The van der Waals surface area contributed by atoms with E-state index in [9.17, 15) is 4.79 Å². The normalized spacial score (nSPS) is 20.7. The van der Waals surface area contributed by atoms with Crippen molar-refractivity contribution in [2.24, 2.45) is 5.92 Å². The van der Waals surface area contributed by atoms with Crippen LogP contribution < -0.4 is 5.32 Å². The zero-order valence-electron chi connectivity index (χ0n) is 14.1. The Morgan fingerprint density at radius 2 is 2.21 bits per heavy atom. The maximum atomic E-state index is 12.6. The molecule has 1 aromatic carbocycles. The average Bonchev–Trinajstić information content (AvgIpc) is 3.13. The summed E-state index contributed by atoms with van der Waals surface area (Å²) in [6, 6.07) is 8.21. The second kappa shape index (κ2) is 8.11. The van der Waals surface area contributed by atoms with Crippen LogP contribution in [0.1, 0.15) is 37.3 Å². The van der Waals surface area contributed by atoms with Gasteiger partial charge >= 0.3 is 0 Å². The number of ether oxygens (including phenoxy) is 1. The highest BCUT2D eigenvalue weighted by molar-refractivity contribution is 5.79. The monoisotopic (exact) mass is 327 g/mol. The molecule has 1 aromatic heterocycles. The molecule has 1 N–H and O–H groups in total. The van der Waals surface area contributed by atoms with Crippen LogP contribution >= 0.6 is 0 Å². The Bertz CT molecular complexity index is 654. The zero-order chi connectivity index (χ0) is 16.8. The van der Waals surface area contributed by atoms with Crippen molar-refractivity contribution < 1.29 is 9.53 Å². The van der Waals surface area contributed by atoms with Crippen LogP contribution in [0.2, 0.25) is 0 Å². The van der Waals surface area contributed by atoms with Crippen molar-refractivity contribution in [2.75, 3.05) is 6.61 Å². The van der Waals surface area contributed by atoms with Crippen molar-refractivity contribution >= 4 is 5.91 Å². The Balaban J connectivity index is 1.63. The van der Waals surface area contributed by atoms with Gasteiger partial charge in [-0.3, -0.25) is 4.79 Å². The quantitative estimate of drug-likeness (QED) is 0.887. The number of carbonyl (C=O) groups excluding carboxylic acids is 1. The fraction of sp³-hybridized carbons (Fsp3) is 0.474. The molecule has 1 aliphatic heterocycles. The van der Waals surface area contributed by atoms with Gasteiger partial charge in [0.25, 0.3) is 0 Å². The summed E-state index contributed by atoms with van der Waals surface area (Å²) in [5.74, 6) is 0.0866. The van der Waals surface area contributed by atoms with E-state index in [4.69, 9.17) is 4.74 Å². The molecule has 128 valence electrons. The molecule has 3 rings (SSSR count). The predicted molar refractivity (Wildman–Crippen MR) is 92.4 cm³/mol. The average molecular weight is 327 g/mol. The number of nitrogens with one attached hydrogen (secondary N) is 1. The fourth-order valence-corrected chi connectivity index (χ4v) is 3.32. The second-order valence-electron chi connectivity index (χ2n) is 6.29. The summed E-state index contributed by atoms with van der Waals surface area (Å²) >= 11 is 0. The van der Waals surface area contributed by atoms with Crippen molar-refractivity contribution in [2.45, 2.75) is 45.4 Å². The molecule has 0 radical (unpaired) electrons. The molecule has 5 nitrogen and oxygen atoms in total. The van der Waals surface area contributed by atoms with Gasteiger partial charge in [0, 0.05) is 32.1 Å². The summed E-state index contributed by atoms with van der Waals surface area (Å²) in [6.45, 7) is 4.17. The van der Waals surface area contributed by atoms with Gasteiger partial charge in [0.05, 0.1) is 18.3 Å². The number of nitrogens with zero attached hydrogens (tertiary/aromatic N) is 2. The highest BCUT2D eigenvalue weighted by Gasteiger charge is 2.30. The van der Waals surface area contributed by atoms with Crippen LogP contribution in [0.4, 0.5) is 0 Å². The van der Waals surface area contributed by atoms with Gasteiger partial charge in [0.2, 0.25) is 5.91 Å². The lowest BCUT2D eigenvalue weighted by Gasteiger charge is -2.30. The van der Waals surface area contributed by atoms with Crippen LogP contribution in [0, 0.1) is 5.92 Å². The van der Waals surface area contributed by atoms with E-state index in [1.165, 1.54) is 5.56 Å². The number of imidazole rings is 1. The molecule has 2 heterocycles. The molecule has 1 amide bonds. The smallest absolute Gasteiger partial charge is 0.225 e. The first-order valence-corrected chi connectivity index (χ1v) is 8.69. The maximum Gasteiger partial charge on any atom is 0.225 e. The van der Waals surface area contributed by atoms with E-state index in [0.29, 0.717) is 6.54 Å². The number of amides is 1. The third kappa shape index (κ3) is 4.03. The summed E-state index contributed by atoms with van der Waals surface area (Å²) in [5.41, 5.74) is 2.34. The molecule has 2 aromatic rings. The molecule has 0 spiro atoms. The Morgan fingerprint density at radius 1 is 1.38 bits per heavy atom. The van der Waals surface area contributed by atoms with Crippen LogP contribution in [0.5, 0.6) is 0 Å². The van der Waals surface area contributed by atoms with E-state index in [0.717, 1.165) is 38.0 Å². The summed E-state index contributed by atoms with van der Waals surface area (Å²) in [6.07, 6.45) is 8.35. The molecule has 0 aliphatic carbocycles. The number of rotatable bonds is 6. The summed E-state index contributed by atoms with van der Waals surface area (Å²) < 4.78 is 7.77. The highest BCUT2D eigenvalue weighted by atomic mass is 16.5. The minimum Gasteiger partial charge on any atom is -0.377 e. The Hall–Kier alpha value is -2.14. The van der Waals surface area contributed by atoms with E-state index in [2.05, 4.69) is 29.4 Å². The van der Waals surface area contributed by atoms with Crippen LogP contribution in [-0.4, -0.2) is 28.2 Å². The van der Waals surface area contributed by atoms with Gasteiger partial charge in [-0.25, -0.2) is 4.98 Å². The molecule has 5 heteroatoms. The number of hydrogen-bond acceptors (Lipinski definition) is 3. The largest absolute Gasteiger partial charge is 0.377 e. The number of hydrogen-bond donors (Lipinski definition) is 1. The van der Waals surface area contributed by atoms with Crippen molar-refractivity contribution in [1.82, 2.24) is 14.9 Å².